The maximum absolute atomic E-state index is 10.8. The lowest BCUT2D eigenvalue weighted by Gasteiger charge is -2.27. The third-order valence-corrected chi connectivity index (χ3v) is 3.70. The lowest BCUT2D eigenvalue weighted by Crippen LogP contribution is -2.28. The van der Waals surface area contributed by atoms with Crippen molar-refractivity contribution in [2.45, 2.75) is 31.8 Å². The molecule has 1 aromatic heterocycles. The van der Waals surface area contributed by atoms with Gasteiger partial charge in [-0.25, -0.2) is 0 Å². The Morgan fingerprint density at radius 3 is 2.65 bits per heavy atom. The molecule has 1 N–H and O–H groups in total. The zero-order valence-corrected chi connectivity index (χ0v) is 10.8. The van der Waals surface area contributed by atoms with Gasteiger partial charge < -0.3 is 5.11 Å². The molecule has 0 aliphatic rings. The number of thiazole rings is 1. The SMILES string of the molecule is CCCC(O)(Cc1cncs1)c1ccccc1. The Morgan fingerprint density at radius 1 is 1.29 bits per heavy atom. The van der Waals surface area contributed by atoms with E-state index < -0.39 is 5.60 Å². The minimum absolute atomic E-state index is 0.648. The molecule has 0 spiro atoms. The Labute approximate surface area is 106 Å². The van der Waals surface area contributed by atoms with Crippen LogP contribution in [0.25, 0.3) is 0 Å². The van der Waals surface area contributed by atoms with Crippen LogP contribution in [0.1, 0.15) is 30.2 Å². The minimum Gasteiger partial charge on any atom is -0.385 e. The van der Waals surface area contributed by atoms with E-state index in [9.17, 15) is 5.11 Å². The third kappa shape index (κ3) is 2.93. The molecule has 0 fully saturated rings. The van der Waals surface area contributed by atoms with Crippen LogP contribution in [0.2, 0.25) is 0 Å². The summed E-state index contributed by atoms with van der Waals surface area (Å²) in [6.45, 7) is 2.10. The molecule has 1 unspecified atom stereocenters. The van der Waals surface area contributed by atoms with Gasteiger partial charge in [-0.2, -0.15) is 0 Å². The molecule has 0 radical (unpaired) electrons. The van der Waals surface area contributed by atoms with Gasteiger partial charge in [0.1, 0.15) is 0 Å². The first-order valence-electron chi connectivity index (χ1n) is 5.90. The zero-order valence-electron chi connectivity index (χ0n) is 9.97. The highest BCUT2D eigenvalue weighted by Crippen LogP contribution is 2.31. The second-order valence-electron chi connectivity index (χ2n) is 4.29. The van der Waals surface area contributed by atoms with Crippen LogP contribution in [-0.4, -0.2) is 10.1 Å². The number of aliphatic hydroxyl groups is 1. The maximum atomic E-state index is 10.8. The van der Waals surface area contributed by atoms with Crippen molar-refractivity contribution in [1.29, 1.82) is 0 Å². The fourth-order valence-electron chi connectivity index (χ4n) is 2.11. The summed E-state index contributed by atoms with van der Waals surface area (Å²) in [7, 11) is 0. The summed E-state index contributed by atoms with van der Waals surface area (Å²) in [4.78, 5) is 5.20. The van der Waals surface area contributed by atoms with Gasteiger partial charge in [-0.15, -0.1) is 11.3 Å². The molecule has 2 rings (SSSR count). The highest BCUT2D eigenvalue weighted by Gasteiger charge is 2.28. The molecular weight excluding hydrogens is 230 g/mol. The second-order valence-corrected chi connectivity index (χ2v) is 5.26. The van der Waals surface area contributed by atoms with E-state index >= 15 is 0 Å². The molecule has 0 aliphatic heterocycles. The lowest BCUT2D eigenvalue weighted by molar-refractivity contribution is 0.0276. The summed E-state index contributed by atoms with van der Waals surface area (Å²) in [6, 6.07) is 9.92. The summed E-state index contributed by atoms with van der Waals surface area (Å²) in [5, 5.41) is 10.8. The van der Waals surface area contributed by atoms with Gasteiger partial charge in [0.15, 0.2) is 0 Å². The first kappa shape index (κ1) is 12.3. The molecule has 0 saturated carbocycles. The van der Waals surface area contributed by atoms with Crippen LogP contribution in [0.3, 0.4) is 0 Å². The van der Waals surface area contributed by atoms with Gasteiger partial charge in [0.05, 0.1) is 11.1 Å². The first-order valence-corrected chi connectivity index (χ1v) is 6.78. The molecule has 17 heavy (non-hydrogen) atoms. The van der Waals surface area contributed by atoms with E-state index in [0.717, 1.165) is 23.3 Å². The van der Waals surface area contributed by atoms with E-state index in [2.05, 4.69) is 11.9 Å². The van der Waals surface area contributed by atoms with Crippen LogP contribution < -0.4 is 0 Å². The summed E-state index contributed by atoms with van der Waals surface area (Å²) < 4.78 is 0. The molecule has 0 amide bonds. The Balaban J connectivity index is 2.26. The van der Waals surface area contributed by atoms with Gasteiger partial charge in [-0.05, 0) is 12.0 Å². The number of hydrogen-bond donors (Lipinski definition) is 1. The number of benzene rings is 1. The summed E-state index contributed by atoms with van der Waals surface area (Å²) in [6.07, 6.45) is 4.23. The van der Waals surface area contributed by atoms with E-state index in [1.807, 2.05) is 42.0 Å². The zero-order chi connectivity index (χ0) is 12.1. The molecule has 0 aliphatic carbocycles. The molecule has 1 aromatic carbocycles. The average Bonchev–Trinajstić information content (AvgIpc) is 2.83. The van der Waals surface area contributed by atoms with E-state index in [-0.39, 0.29) is 0 Å². The molecule has 3 heteroatoms. The van der Waals surface area contributed by atoms with Crippen molar-refractivity contribution in [3.05, 3.63) is 52.5 Å². The normalized spacial score (nSPS) is 14.5. The van der Waals surface area contributed by atoms with Gasteiger partial charge in [0.2, 0.25) is 0 Å². The highest BCUT2D eigenvalue weighted by molar-refractivity contribution is 7.09. The Morgan fingerprint density at radius 2 is 2.06 bits per heavy atom. The summed E-state index contributed by atoms with van der Waals surface area (Å²) in [5.41, 5.74) is 2.05. The largest absolute Gasteiger partial charge is 0.385 e. The minimum atomic E-state index is -0.761. The Hall–Kier alpha value is -1.19. The lowest BCUT2D eigenvalue weighted by atomic mass is 9.86. The monoisotopic (exact) mass is 247 g/mol. The van der Waals surface area contributed by atoms with Gasteiger partial charge >= 0.3 is 0 Å². The standard InChI is InChI=1S/C14H17NOS/c1-2-8-14(16,9-13-10-15-11-17-13)12-6-4-3-5-7-12/h3-7,10-11,16H,2,8-9H2,1H3. The topological polar surface area (TPSA) is 33.1 Å². The van der Waals surface area contributed by atoms with Gasteiger partial charge in [0, 0.05) is 17.5 Å². The predicted molar refractivity (Wildman–Crippen MR) is 71.1 cm³/mol. The van der Waals surface area contributed by atoms with Crippen LogP contribution in [0.5, 0.6) is 0 Å². The van der Waals surface area contributed by atoms with Crippen molar-refractivity contribution in [2.75, 3.05) is 0 Å². The maximum Gasteiger partial charge on any atom is 0.0945 e. The first-order chi connectivity index (χ1) is 8.24. The molecular formula is C14H17NOS. The van der Waals surface area contributed by atoms with Gasteiger partial charge in [0.25, 0.3) is 0 Å². The Kier molecular flexibility index (Phi) is 3.92. The van der Waals surface area contributed by atoms with E-state index in [1.165, 1.54) is 0 Å². The third-order valence-electron chi connectivity index (χ3n) is 2.92. The number of nitrogens with zero attached hydrogens (tertiary/aromatic N) is 1. The van der Waals surface area contributed by atoms with Crippen LogP contribution in [0, 0.1) is 0 Å². The van der Waals surface area contributed by atoms with Crippen molar-refractivity contribution in [3.63, 3.8) is 0 Å². The molecule has 1 heterocycles. The van der Waals surface area contributed by atoms with Gasteiger partial charge in [-0.3, -0.25) is 4.98 Å². The van der Waals surface area contributed by atoms with E-state index in [1.54, 1.807) is 11.3 Å². The van der Waals surface area contributed by atoms with E-state index in [4.69, 9.17) is 0 Å². The predicted octanol–water partition coefficient (Wildman–Crippen LogP) is 3.37. The van der Waals surface area contributed by atoms with Crippen molar-refractivity contribution >= 4 is 11.3 Å². The van der Waals surface area contributed by atoms with Crippen LogP contribution in [0.15, 0.2) is 42.0 Å². The van der Waals surface area contributed by atoms with Crippen molar-refractivity contribution in [3.8, 4) is 0 Å². The molecule has 0 bridgehead atoms. The highest BCUT2D eigenvalue weighted by atomic mass is 32.1. The van der Waals surface area contributed by atoms with E-state index in [0.29, 0.717) is 6.42 Å². The molecule has 0 saturated heterocycles. The van der Waals surface area contributed by atoms with Crippen LogP contribution in [0.4, 0.5) is 0 Å². The molecule has 2 nitrogen and oxygen atoms in total. The number of aromatic nitrogens is 1. The summed E-state index contributed by atoms with van der Waals surface area (Å²) in [5.74, 6) is 0. The van der Waals surface area contributed by atoms with Crippen LogP contribution in [-0.2, 0) is 12.0 Å². The molecule has 2 aromatic rings. The summed E-state index contributed by atoms with van der Waals surface area (Å²) >= 11 is 1.60. The molecule has 1 atom stereocenters. The average molecular weight is 247 g/mol. The number of hydrogen-bond acceptors (Lipinski definition) is 3. The van der Waals surface area contributed by atoms with Crippen LogP contribution >= 0.6 is 11.3 Å². The van der Waals surface area contributed by atoms with Crippen molar-refractivity contribution in [2.24, 2.45) is 0 Å². The second kappa shape index (κ2) is 5.43. The fourth-order valence-corrected chi connectivity index (χ4v) is 2.82. The van der Waals surface area contributed by atoms with Crippen molar-refractivity contribution < 1.29 is 5.11 Å². The fraction of sp³-hybridized carbons (Fsp3) is 0.357. The Bertz CT molecular complexity index is 441. The van der Waals surface area contributed by atoms with Gasteiger partial charge in [-0.1, -0.05) is 43.7 Å². The van der Waals surface area contributed by atoms with Crippen molar-refractivity contribution in [1.82, 2.24) is 4.98 Å². The number of rotatable bonds is 5. The molecule has 90 valence electrons. The quantitative estimate of drug-likeness (QED) is 0.878. The smallest absolute Gasteiger partial charge is 0.0945 e.